The Morgan fingerprint density at radius 1 is 1.00 bits per heavy atom. The van der Waals surface area contributed by atoms with Gasteiger partial charge in [-0.1, -0.05) is 18.6 Å². The van der Waals surface area contributed by atoms with Crippen LogP contribution in [-0.2, 0) is 0 Å². The number of nitrogens with one attached hydrogen (secondary N) is 2. The van der Waals surface area contributed by atoms with Crippen molar-refractivity contribution in [2.24, 2.45) is 0 Å². The lowest BCUT2D eigenvalue weighted by molar-refractivity contribution is 0.164. The van der Waals surface area contributed by atoms with Gasteiger partial charge in [-0.2, -0.15) is 0 Å². The fourth-order valence-corrected chi connectivity index (χ4v) is 3.88. The number of hydrogen-bond donors (Lipinski definition) is 2. The molecule has 156 valence electrons. The van der Waals surface area contributed by atoms with Crippen LogP contribution in [-0.4, -0.2) is 43.4 Å². The molecule has 0 bridgehead atoms. The van der Waals surface area contributed by atoms with Crippen molar-refractivity contribution in [3.8, 4) is 11.5 Å². The zero-order valence-electron chi connectivity index (χ0n) is 17.3. The number of benzene rings is 2. The minimum absolute atomic E-state index is 0.279. The quantitative estimate of drug-likeness (QED) is 0.617. The smallest absolute Gasteiger partial charge is 0.170 e. The van der Waals surface area contributed by atoms with Gasteiger partial charge in [0.25, 0.3) is 0 Å². The summed E-state index contributed by atoms with van der Waals surface area (Å²) in [5, 5.41) is 7.31. The van der Waals surface area contributed by atoms with Crippen molar-refractivity contribution in [3.63, 3.8) is 0 Å². The molecule has 2 aromatic carbocycles. The second-order valence-corrected chi connectivity index (χ2v) is 7.59. The minimum atomic E-state index is 0.279. The number of methoxy groups -OCH3 is 1. The summed E-state index contributed by atoms with van der Waals surface area (Å²) in [4.78, 5) is 2.55. The molecule has 6 heteroatoms. The first-order valence-corrected chi connectivity index (χ1v) is 10.8. The molecule has 29 heavy (non-hydrogen) atoms. The van der Waals surface area contributed by atoms with E-state index in [1.165, 1.54) is 24.8 Å². The number of piperidine rings is 1. The number of thiocarbonyl (C=S) groups is 1. The van der Waals surface area contributed by atoms with Crippen molar-refractivity contribution in [2.75, 3.05) is 38.7 Å². The maximum Gasteiger partial charge on any atom is 0.170 e. The zero-order chi connectivity index (χ0) is 20.5. The fourth-order valence-electron chi connectivity index (χ4n) is 3.68. The molecule has 1 aliphatic heterocycles. The summed E-state index contributed by atoms with van der Waals surface area (Å²) >= 11 is 5.54. The lowest BCUT2D eigenvalue weighted by Gasteiger charge is -2.35. The first kappa shape index (κ1) is 21.4. The Hall–Kier alpha value is -2.31. The molecule has 0 aliphatic carbocycles. The predicted molar refractivity (Wildman–Crippen MR) is 123 cm³/mol. The molecule has 1 heterocycles. The number of hydrogen-bond acceptors (Lipinski definition) is 4. The molecule has 0 amide bonds. The van der Waals surface area contributed by atoms with Crippen molar-refractivity contribution in [2.45, 2.75) is 32.2 Å². The van der Waals surface area contributed by atoms with Gasteiger partial charge in [0.1, 0.15) is 11.5 Å². The van der Waals surface area contributed by atoms with E-state index in [0.717, 1.165) is 36.8 Å². The van der Waals surface area contributed by atoms with Crippen LogP contribution in [0.2, 0.25) is 0 Å². The topological polar surface area (TPSA) is 45.8 Å². The molecule has 1 fully saturated rings. The number of anilines is 1. The van der Waals surface area contributed by atoms with Crippen LogP contribution < -0.4 is 20.1 Å². The van der Waals surface area contributed by atoms with E-state index in [4.69, 9.17) is 21.7 Å². The van der Waals surface area contributed by atoms with Gasteiger partial charge in [-0.15, -0.1) is 0 Å². The van der Waals surface area contributed by atoms with Gasteiger partial charge in [-0.25, -0.2) is 0 Å². The summed E-state index contributed by atoms with van der Waals surface area (Å²) in [6.45, 7) is 5.65. The molecule has 0 spiro atoms. The van der Waals surface area contributed by atoms with Crippen molar-refractivity contribution in [3.05, 3.63) is 54.1 Å². The van der Waals surface area contributed by atoms with Crippen LogP contribution in [0.5, 0.6) is 11.5 Å². The summed E-state index contributed by atoms with van der Waals surface area (Å²) < 4.78 is 10.8. The van der Waals surface area contributed by atoms with Gasteiger partial charge in [0.05, 0.1) is 19.8 Å². The standard InChI is InChI=1S/C23H31N3O2S/c1-3-28-21-13-9-19(10-14-21)25-23(29)24-17-22(26-15-5-4-6-16-26)18-7-11-20(27-2)12-8-18/h7-14,22H,3-6,15-17H2,1-2H3,(H2,24,25,29)/t22-/m1/s1. The van der Waals surface area contributed by atoms with Gasteiger partial charge in [-0.05, 0) is 87.0 Å². The van der Waals surface area contributed by atoms with E-state index in [1.807, 2.05) is 43.3 Å². The van der Waals surface area contributed by atoms with Gasteiger partial charge in [0.15, 0.2) is 5.11 Å². The minimum Gasteiger partial charge on any atom is -0.497 e. The fraction of sp³-hybridized carbons (Fsp3) is 0.435. The lowest BCUT2D eigenvalue weighted by Crippen LogP contribution is -2.41. The van der Waals surface area contributed by atoms with Gasteiger partial charge < -0.3 is 20.1 Å². The highest BCUT2D eigenvalue weighted by atomic mass is 32.1. The maximum atomic E-state index is 5.54. The summed E-state index contributed by atoms with van der Waals surface area (Å²) in [5.41, 5.74) is 2.23. The first-order valence-electron chi connectivity index (χ1n) is 10.4. The van der Waals surface area contributed by atoms with Crippen LogP contribution in [0, 0.1) is 0 Å². The van der Waals surface area contributed by atoms with Crippen molar-refractivity contribution < 1.29 is 9.47 Å². The van der Waals surface area contributed by atoms with Gasteiger partial charge in [-0.3, -0.25) is 4.90 Å². The predicted octanol–water partition coefficient (Wildman–Crippen LogP) is 4.61. The summed E-state index contributed by atoms with van der Waals surface area (Å²) in [6, 6.07) is 16.5. The van der Waals surface area contributed by atoms with E-state index in [0.29, 0.717) is 11.7 Å². The highest BCUT2D eigenvalue weighted by Crippen LogP contribution is 2.26. The van der Waals surface area contributed by atoms with E-state index in [1.54, 1.807) is 7.11 Å². The Morgan fingerprint density at radius 3 is 2.28 bits per heavy atom. The number of ether oxygens (including phenoxy) is 2. The largest absolute Gasteiger partial charge is 0.497 e. The average molecular weight is 414 g/mol. The van der Waals surface area contributed by atoms with Crippen molar-refractivity contribution >= 4 is 23.0 Å². The monoisotopic (exact) mass is 413 g/mol. The first-order chi connectivity index (χ1) is 14.2. The third kappa shape index (κ3) is 6.34. The van der Waals surface area contributed by atoms with Crippen LogP contribution in [0.3, 0.4) is 0 Å². The highest BCUT2D eigenvalue weighted by Gasteiger charge is 2.22. The molecule has 3 rings (SSSR count). The van der Waals surface area contributed by atoms with Gasteiger partial charge in [0.2, 0.25) is 0 Å². The third-order valence-corrected chi connectivity index (χ3v) is 5.46. The molecule has 0 unspecified atom stereocenters. The zero-order valence-corrected chi connectivity index (χ0v) is 18.1. The number of nitrogens with zero attached hydrogens (tertiary/aromatic N) is 1. The van der Waals surface area contributed by atoms with E-state index in [2.05, 4.69) is 27.7 Å². The van der Waals surface area contributed by atoms with E-state index in [-0.39, 0.29) is 6.04 Å². The molecule has 1 aliphatic rings. The molecular weight excluding hydrogens is 382 g/mol. The van der Waals surface area contributed by atoms with Crippen molar-refractivity contribution in [1.82, 2.24) is 10.2 Å². The Kier molecular flexibility index (Phi) is 8.14. The number of likely N-dealkylation sites (tertiary alicyclic amines) is 1. The maximum absolute atomic E-state index is 5.54. The second kappa shape index (κ2) is 11.0. The third-order valence-electron chi connectivity index (χ3n) is 5.21. The molecule has 0 aromatic heterocycles. The van der Waals surface area contributed by atoms with Crippen LogP contribution >= 0.6 is 12.2 Å². The molecule has 0 saturated carbocycles. The Bertz CT molecular complexity index is 759. The summed E-state index contributed by atoms with van der Waals surface area (Å²) in [5.74, 6) is 1.74. The molecule has 1 atom stereocenters. The highest BCUT2D eigenvalue weighted by molar-refractivity contribution is 7.80. The molecule has 0 radical (unpaired) electrons. The molecule has 2 N–H and O–H groups in total. The van der Waals surface area contributed by atoms with Crippen LogP contribution in [0.15, 0.2) is 48.5 Å². The van der Waals surface area contributed by atoms with Gasteiger partial charge in [0, 0.05) is 12.2 Å². The Balaban J connectivity index is 1.61. The average Bonchev–Trinajstić information content (AvgIpc) is 2.77. The van der Waals surface area contributed by atoms with E-state index >= 15 is 0 Å². The second-order valence-electron chi connectivity index (χ2n) is 7.18. The summed E-state index contributed by atoms with van der Waals surface area (Å²) in [7, 11) is 1.70. The van der Waals surface area contributed by atoms with E-state index < -0.39 is 0 Å². The molecule has 5 nitrogen and oxygen atoms in total. The van der Waals surface area contributed by atoms with Crippen molar-refractivity contribution in [1.29, 1.82) is 0 Å². The molecule has 2 aromatic rings. The van der Waals surface area contributed by atoms with E-state index in [9.17, 15) is 0 Å². The lowest BCUT2D eigenvalue weighted by atomic mass is 10.0. The molecular formula is C23H31N3O2S. The van der Waals surface area contributed by atoms with Crippen LogP contribution in [0.25, 0.3) is 0 Å². The number of rotatable bonds is 8. The normalized spacial score (nSPS) is 15.4. The van der Waals surface area contributed by atoms with Gasteiger partial charge >= 0.3 is 0 Å². The SMILES string of the molecule is CCOc1ccc(NC(=S)NC[C@H](c2ccc(OC)cc2)N2CCCCC2)cc1. The Labute approximate surface area is 179 Å². The summed E-state index contributed by atoms with van der Waals surface area (Å²) in [6.07, 6.45) is 3.82. The molecule has 1 saturated heterocycles. The van der Waals surface area contributed by atoms with Crippen LogP contribution in [0.4, 0.5) is 5.69 Å². The Morgan fingerprint density at radius 2 is 1.66 bits per heavy atom. The van der Waals surface area contributed by atoms with Crippen LogP contribution in [0.1, 0.15) is 37.8 Å².